The number of halogens is 2. The quantitative estimate of drug-likeness (QED) is 0.672. The number of alkyl halides is 2. The van der Waals surface area contributed by atoms with Crippen LogP contribution in [0.15, 0.2) is 6.07 Å². The molecule has 1 atom stereocenters. The third-order valence-electron chi connectivity index (χ3n) is 6.36. The average Bonchev–Trinajstić information content (AvgIpc) is 3.36. The van der Waals surface area contributed by atoms with Crippen LogP contribution in [0, 0.1) is 12.8 Å². The van der Waals surface area contributed by atoms with Gasteiger partial charge in [-0.15, -0.1) is 0 Å². The van der Waals surface area contributed by atoms with Crippen LogP contribution in [-0.2, 0) is 22.7 Å². The van der Waals surface area contributed by atoms with Crippen LogP contribution in [0.1, 0.15) is 44.0 Å². The molecule has 2 saturated heterocycles. The molecule has 0 aromatic carbocycles. The van der Waals surface area contributed by atoms with Gasteiger partial charge >= 0.3 is 0 Å². The van der Waals surface area contributed by atoms with Gasteiger partial charge in [0.1, 0.15) is 0 Å². The Morgan fingerprint density at radius 1 is 1.30 bits per heavy atom. The van der Waals surface area contributed by atoms with Gasteiger partial charge in [0.25, 0.3) is 5.92 Å². The van der Waals surface area contributed by atoms with E-state index in [1.165, 1.54) is 4.90 Å². The van der Waals surface area contributed by atoms with E-state index in [0.29, 0.717) is 19.6 Å². The average molecular weight is 424 g/mol. The number of amides is 2. The summed E-state index contributed by atoms with van der Waals surface area (Å²) in [6.45, 7) is 5.54. The molecule has 3 aliphatic rings. The predicted octanol–water partition coefficient (Wildman–Crippen LogP) is 1.89. The molecule has 0 bridgehead atoms. The van der Waals surface area contributed by atoms with E-state index in [9.17, 15) is 18.4 Å². The first-order valence-electron chi connectivity index (χ1n) is 10.9. The molecule has 0 spiro atoms. The van der Waals surface area contributed by atoms with Crippen molar-refractivity contribution in [2.24, 2.45) is 5.92 Å². The van der Waals surface area contributed by atoms with E-state index in [-0.39, 0.29) is 23.8 Å². The maximum atomic E-state index is 14.3. The molecule has 2 amide bonds. The minimum absolute atomic E-state index is 0.131. The number of likely N-dealkylation sites (tertiary alicyclic amines) is 2. The van der Waals surface area contributed by atoms with E-state index < -0.39 is 24.9 Å². The Bertz CT molecular complexity index is 816. The third-order valence-corrected chi connectivity index (χ3v) is 6.36. The van der Waals surface area contributed by atoms with E-state index in [2.05, 4.69) is 12.0 Å². The lowest BCUT2D eigenvalue weighted by Crippen LogP contribution is -2.64. The Hall–Kier alpha value is -2.03. The summed E-state index contributed by atoms with van der Waals surface area (Å²) in [4.78, 5) is 30.2. The molecule has 0 unspecified atom stereocenters. The fourth-order valence-electron chi connectivity index (χ4n) is 4.60. The fraction of sp³-hybridized carbons (Fsp3) is 0.762. The molecule has 9 heteroatoms. The largest absolute Gasteiger partial charge is 0.339 e. The van der Waals surface area contributed by atoms with E-state index in [0.717, 1.165) is 37.2 Å². The lowest BCUT2D eigenvalue weighted by molar-refractivity contribution is -0.143. The van der Waals surface area contributed by atoms with Gasteiger partial charge in [0, 0.05) is 45.1 Å². The zero-order chi connectivity index (χ0) is 21.6. The molecule has 1 aromatic heterocycles. The summed E-state index contributed by atoms with van der Waals surface area (Å²) in [5, 5.41) is 4.45. The zero-order valence-corrected chi connectivity index (χ0v) is 18.0. The maximum Gasteiger partial charge on any atom is 0.262 e. The number of hydrogen-bond donors (Lipinski definition) is 0. The number of carbonyl (C=O) groups is 2. The van der Waals surface area contributed by atoms with Crippen LogP contribution in [0.25, 0.3) is 0 Å². The smallest absolute Gasteiger partial charge is 0.262 e. The molecule has 2 aliphatic heterocycles. The number of aromatic nitrogens is 2. The number of rotatable bonds is 7. The van der Waals surface area contributed by atoms with E-state index in [1.807, 2.05) is 17.7 Å². The Morgan fingerprint density at radius 2 is 2.00 bits per heavy atom. The Labute approximate surface area is 176 Å². The molecule has 7 nitrogen and oxygen atoms in total. The highest BCUT2D eigenvalue weighted by molar-refractivity contribution is 5.83. The number of nitrogens with zero attached hydrogens (tertiary/aromatic N) is 5. The molecule has 30 heavy (non-hydrogen) atoms. The second-order valence-corrected chi connectivity index (χ2v) is 9.11. The molecule has 1 aliphatic carbocycles. The zero-order valence-electron chi connectivity index (χ0n) is 18.0. The Balaban J connectivity index is 1.41. The van der Waals surface area contributed by atoms with Gasteiger partial charge in [-0.25, -0.2) is 8.78 Å². The van der Waals surface area contributed by atoms with Crippen LogP contribution >= 0.6 is 0 Å². The summed E-state index contributed by atoms with van der Waals surface area (Å²) in [5.41, 5.74) is 1.79. The fourth-order valence-corrected chi connectivity index (χ4v) is 4.60. The summed E-state index contributed by atoms with van der Waals surface area (Å²) < 4.78 is 30.4. The van der Waals surface area contributed by atoms with Crippen molar-refractivity contribution in [1.82, 2.24) is 24.5 Å². The highest BCUT2D eigenvalue weighted by Crippen LogP contribution is 2.38. The summed E-state index contributed by atoms with van der Waals surface area (Å²) >= 11 is 0. The van der Waals surface area contributed by atoms with Crippen LogP contribution in [0.3, 0.4) is 0 Å². The first-order chi connectivity index (χ1) is 14.2. The van der Waals surface area contributed by atoms with Gasteiger partial charge in [0.05, 0.1) is 30.5 Å². The minimum Gasteiger partial charge on any atom is -0.339 e. The van der Waals surface area contributed by atoms with Crippen molar-refractivity contribution in [2.45, 2.75) is 70.6 Å². The molecule has 4 rings (SSSR count). The first kappa shape index (κ1) is 21.2. The number of carbonyl (C=O) groups excluding carboxylic acids is 2. The minimum atomic E-state index is -2.89. The van der Waals surface area contributed by atoms with Crippen LogP contribution in [0.2, 0.25) is 0 Å². The molecule has 1 saturated carbocycles. The lowest BCUT2D eigenvalue weighted by atomic mass is 10.0. The lowest BCUT2D eigenvalue weighted by Gasteiger charge is -2.46. The van der Waals surface area contributed by atoms with E-state index in [4.69, 9.17) is 0 Å². The molecule has 3 fully saturated rings. The van der Waals surface area contributed by atoms with Gasteiger partial charge < -0.3 is 9.80 Å². The van der Waals surface area contributed by atoms with Crippen molar-refractivity contribution in [1.29, 1.82) is 0 Å². The first-order valence-corrected chi connectivity index (χ1v) is 10.9. The SMILES string of the molecule is CCCn1nc(C)cc1CN(C)C(=O)[C@@H]1CC(F)(F)CN1C1CN(C(=O)C2CC2)C1. The number of hydrogen-bond acceptors (Lipinski definition) is 4. The summed E-state index contributed by atoms with van der Waals surface area (Å²) in [6, 6.07) is 0.918. The molecule has 1 aromatic rings. The number of likely N-dealkylation sites (N-methyl/N-ethyl adjacent to an activating group) is 1. The highest BCUT2D eigenvalue weighted by Gasteiger charge is 2.53. The van der Waals surface area contributed by atoms with Gasteiger partial charge in [-0.05, 0) is 32.3 Å². The van der Waals surface area contributed by atoms with Gasteiger partial charge in [-0.1, -0.05) is 6.92 Å². The molecule has 0 N–H and O–H groups in total. The molecule has 0 radical (unpaired) electrons. The predicted molar refractivity (Wildman–Crippen MR) is 107 cm³/mol. The van der Waals surface area contributed by atoms with Crippen LogP contribution in [0.5, 0.6) is 0 Å². The standard InChI is InChI=1S/C21H31F2N5O2/c1-4-7-28-16(8-14(2)24-28)10-25(3)20(30)18-9-21(22,23)13-27(18)17-11-26(12-17)19(29)15-5-6-15/h8,15,17-18H,4-7,9-13H2,1-3H3/t18-/m0/s1. The van der Waals surface area contributed by atoms with E-state index in [1.54, 1.807) is 16.8 Å². The second-order valence-electron chi connectivity index (χ2n) is 9.11. The molecule has 166 valence electrons. The maximum absolute atomic E-state index is 14.3. The molecule has 3 heterocycles. The monoisotopic (exact) mass is 423 g/mol. The molecular formula is C21H31F2N5O2. The Morgan fingerprint density at radius 3 is 2.63 bits per heavy atom. The van der Waals surface area contributed by atoms with Crippen molar-refractivity contribution in [3.05, 3.63) is 17.5 Å². The van der Waals surface area contributed by atoms with Crippen molar-refractivity contribution in [3.8, 4) is 0 Å². The van der Waals surface area contributed by atoms with Gasteiger partial charge in [-0.2, -0.15) is 5.10 Å². The number of aryl methyl sites for hydroxylation is 2. The summed E-state index contributed by atoms with van der Waals surface area (Å²) in [6.07, 6.45) is 2.33. The highest BCUT2D eigenvalue weighted by atomic mass is 19.3. The van der Waals surface area contributed by atoms with Crippen molar-refractivity contribution >= 4 is 11.8 Å². The van der Waals surface area contributed by atoms with E-state index >= 15 is 0 Å². The van der Waals surface area contributed by atoms with Crippen LogP contribution in [-0.4, -0.2) is 81.0 Å². The Kier molecular flexibility index (Phi) is 5.59. The topological polar surface area (TPSA) is 61.7 Å². The van der Waals surface area contributed by atoms with Crippen molar-refractivity contribution < 1.29 is 18.4 Å². The third kappa shape index (κ3) is 4.22. The van der Waals surface area contributed by atoms with Crippen LogP contribution in [0.4, 0.5) is 8.78 Å². The van der Waals surface area contributed by atoms with Gasteiger partial charge in [0.2, 0.25) is 11.8 Å². The second kappa shape index (κ2) is 7.90. The normalized spacial score (nSPS) is 24.2. The van der Waals surface area contributed by atoms with Gasteiger partial charge in [-0.3, -0.25) is 19.2 Å². The van der Waals surface area contributed by atoms with Gasteiger partial charge in [0.15, 0.2) is 0 Å². The summed E-state index contributed by atoms with van der Waals surface area (Å²) in [7, 11) is 1.67. The molecular weight excluding hydrogens is 392 g/mol. The van der Waals surface area contributed by atoms with Crippen molar-refractivity contribution in [2.75, 3.05) is 26.7 Å². The van der Waals surface area contributed by atoms with Crippen molar-refractivity contribution in [3.63, 3.8) is 0 Å². The summed E-state index contributed by atoms with van der Waals surface area (Å²) in [5.74, 6) is -2.91. The van der Waals surface area contributed by atoms with Crippen LogP contribution < -0.4 is 0 Å².